The van der Waals surface area contributed by atoms with Gasteiger partial charge in [0.2, 0.25) is 0 Å². The topological polar surface area (TPSA) is 70.6 Å². The first-order chi connectivity index (χ1) is 14.0. The number of benzene rings is 2. The van der Waals surface area contributed by atoms with E-state index in [0.717, 1.165) is 11.8 Å². The van der Waals surface area contributed by atoms with E-state index in [0.29, 0.717) is 30.2 Å². The Bertz CT molecular complexity index is 994. The van der Waals surface area contributed by atoms with Crippen LogP contribution in [0.15, 0.2) is 47.5 Å². The van der Waals surface area contributed by atoms with Gasteiger partial charge in [-0.05, 0) is 47.9 Å². The Kier molecular flexibility index (Phi) is 10.3. The van der Waals surface area contributed by atoms with Gasteiger partial charge in [-0.1, -0.05) is 32.0 Å². The first-order valence-electron chi connectivity index (χ1n) is 9.73. The molecule has 0 aliphatic rings. The second kappa shape index (κ2) is 11.8. The van der Waals surface area contributed by atoms with Gasteiger partial charge in [-0.3, -0.25) is 0 Å². The standard InChI is InChI=1S/C22H29F2N3O2S.HI/c1-5-25-21(27-15-22(2,3)18-7-10-19(23)11-8-18)26-13-17-12-20(24)9-6-16(17)14-30(4,28)29;/h6-12H,5,13-15H2,1-4H3,(H2,25,26,27);1H. The molecule has 5 nitrogen and oxygen atoms in total. The van der Waals surface area contributed by atoms with E-state index in [9.17, 15) is 17.2 Å². The maximum Gasteiger partial charge on any atom is 0.191 e. The van der Waals surface area contributed by atoms with Crippen LogP contribution in [0.25, 0.3) is 0 Å². The van der Waals surface area contributed by atoms with Gasteiger partial charge < -0.3 is 10.6 Å². The van der Waals surface area contributed by atoms with Crippen molar-refractivity contribution >= 4 is 39.8 Å². The zero-order valence-electron chi connectivity index (χ0n) is 18.2. The van der Waals surface area contributed by atoms with Crippen molar-refractivity contribution in [2.24, 2.45) is 4.99 Å². The van der Waals surface area contributed by atoms with Gasteiger partial charge in [-0.15, -0.1) is 24.0 Å². The van der Waals surface area contributed by atoms with Crippen LogP contribution in [-0.2, 0) is 27.5 Å². The van der Waals surface area contributed by atoms with Crippen LogP contribution in [0.3, 0.4) is 0 Å². The van der Waals surface area contributed by atoms with E-state index in [1.807, 2.05) is 20.8 Å². The van der Waals surface area contributed by atoms with Gasteiger partial charge in [0.05, 0.1) is 12.3 Å². The highest BCUT2D eigenvalue weighted by molar-refractivity contribution is 14.0. The lowest BCUT2D eigenvalue weighted by molar-refractivity contribution is 0.507. The molecule has 2 aromatic carbocycles. The number of halogens is 3. The summed E-state index contributed by atoms with van der Waals surface area (Å²) in [6.45, 7) is 7.29. The minimum absolute atomic E-state index is 0. The Morgan fingerprint density at radius 1 is 1.00 bits per heavy atom. The van der Waals surface area contributed by atoms with Crippen molar-refractivity contribution in [3.63, 3.8) is 0 Å². The molecular weight excluding hydrogens is 535 g/mol. The summed E-state index contributed by atoms with van der Waals surface area (Å²) in [6.07, 6.45) is 1.15. The third-order valence-corrected chi connectivity index (χ3v) is 5.50. The predicted octanol–water partition coefficient (Wildman–Crippen LogP) is 4.16. The van der Waals surface area contributed by atoms with Crippen LogP contribution in [-0.4, -0.2) is 33.7 Å². The molecule has 0 fully saturated rings. The summed E-state index contributed by atoms with van der Waals surface area (Å²) in [5.74, 6) is -0.354. The quantitative estimate of drug-likeness (QED) is 0.287. The van der Waals surface area contributed by atoms with Crippen molar-refractivity contribution in [2.75, 3.05) is 19.3 Å². The van der Waals surface area contributed by atoms with Crippen LogP contribution in [0.1, 0.15) is 37.5 Å². The fraction of sp³-hybridized carbons (Fsp3) is 0.409. The first-order valence-corrected chi connectivity index (χ1v) is 11.8. The third-order valence-electron chi connectivity index (χ3n) is 4.66. The van der Waals surface area contributed by atoms with Crippen LogP contribution >= 0.6 is 24.0 Å². The van der Waals surface area contributed by atoms with Crippen LogP contribution in [0, 0.1) is 11.6 Å². The van der Waals surface area contributed by atoms with E-state index in [2.05, 4.69) is 15.6 Å². The maximum absolute atomic E-state index is 13.7. The molecule has 0 saturated heterocycles. The highest BCUT2D eigenvalue weighted by Gasteiger charge is 2.21. The van der Waals surface area contributed by atoms with E-state index < -0.39 is 15.7 Å². The summed E-state index contributed by atoms with van der Waals surface area (Å²) in [7, 11) is -3.25. The number of rotatable bonds is 8. The average molecular weight is 565 g/mol. The number of guanidine groups is 1. The Labute approximate surface area is 200 Å². The molecule has 0 unspecified atom stereocenters. The lowest BCUT2D eigenvalue weighted by Crippen LogP contribution is -2.43. The smallest absolute Gasteiger partial charge is 0.191 e. The lowest BCUT2D eigenvalue weighted by atomic mass is 9.84. The molecule has 0 saturated carbocycles. The van der Waals surface area contributed by atoms with Crippen molar-refractivity contribution in [3.8, 4) is 0 Å². The highest BCUT2D eigenvalue weighted by atomic mass is 127. The summed E-state index contributed by atoms with van der Waals surface area (Å²) >= 11 is 0. The summed E-state index contributed by atoms with van der Waals surface area (Å²) in [5, 5.41) is 6.40. The van der Waals surface area contributed by atoms with Crippen molar-refractivity contribution in [1.29, 1.82) is 0 Å². The molecule has 0 atom stereocenters. The van der Waals surface area contributed by atoms with E-state index >= 15 is 0 Å². The Morgan fingerprint density at radius 2 is 1.61 bits per heavy atom. The fourth-order valence-electron chi connectivity index (χ4n) is 2.98. The molecule has 2 N–H and O–H groups in total. The van der Waals surface area contributed by atoms with Crippen molar-refractivity contribution < 1.29 is 17.2 Å². The minimum atomic E-state index is -3.25. The van der Waals surface area contributed by atoms with Crippen LogP contribution < -0.4 is 10.6 Å². The molecule has 0 radical (unpaired) electrons. The molecule has 0 aromatic heterocycles. The minimum Gasteiger partial charge on any atom is -0.357 e. The number of hydrogen-bond donors (Lipinski definition) is 2. The Balaban J connectivity index is 0.00000480. The van der Waals surface area contributed by atoms with Gasteiger partial charge in [0, 0.05) is 24.8 Å². The van der Waals surface area contributed by atoms with Gasteiger partial charge >= 0.3 is 0 Å². The summed E-state index contributed by atoms with van der Waals surface area (Å²) in [5.41, 5.74) is 1.75. The van der Waals surface area contributed by atoms with Crippen molar-refractivity contribution in [3.05, 3.63) is 70.8 Å². The normalized spacial score (nSPS) is 12.3. The van der Waals surface area contributed by atoms with E-state index in [4.69, 9.17) is 0 Å². The van der Waals surface area contributed by atoms with Crippen molar-refractivity contribution in [2.45, 2.75) is 38.5 Å². The van der Waals surface area contributed by atoms with E-state index in [1.165, 1.54) is 30.3 Å². The van der Waals surface area contributed by atoms with Gasteiger partial charge in [0.15, 0.2) is 15.8 Å². The molecule has 0 amide bonds. The fourth-order valence-corrected chi connectivity index (χ4v) is 3.83. The molecule has 172 valence electrons. The lowest BCUT2D eigenvalue weighted by Gasteiger charge is -2.27. The number of aliphatic imine (C=N–C) groups is 1. The zero-order chi connectivity index (χ0) is 22.4. The molecule has 0 heterocycles. The highest BCUT2D eigenvalue weighted by Crippen LogP contribution is 2.22. The Morgan fingerprint density at radius 3 is 2.19 bits per heavy atom. The summed E-state index contributed by atoms with van der Waals surface area (Å²) in [6, 6.07) is 10.4. The van der Waals surface area contributed by atoms with Crippen LogP contribution in [0.2, 0.25) is 0 Å². The van der Waals surface area contributed by atoms with Crippen LogP contribution in [0.5, 0.6) is 0 Å². The number of hydrogen-bond acceptors (Lipinski definition) is 3. The second-order valence-corrected chi connectivity index (χ2v) is 10.1. The van der Waals surface area contributed by atoms with Gasteiger partial charge in [-0.25, -0.2) is 22.2 Å². The van der Waals surface area contributed by atoms with Gasteiger partial charge in [0.1, 0.15) is 11.6 Å². The first kappa shape index (κ1) is 27.3. The maximum atomic E-state index is 13.7. The van der Waals surface area contributed by atoms with E-state index in [-0.39, 0.29) is 47.5 Å². The average Bonchev–Trinajstić information content (AvgIpc) is 2.65. The van der Waals surface area contributed by atoms with E-state index in [1.54, 1.807) is 12.1 Å². The molecule has 31 heavy (non-hydrogen) atoms. The predicted molar refractivity (Wildman–Crippen MR) is 133 cm³/mol. The molecule has 2 aromatic rings. The molecule has 9 heteroatoms. The molecule has 0 bridgehead atoms. The van der Waals surface area contributed by atoms with Gasteiger partial charge in [-0.2, -0.15) is 0 Å². The summed E-state index contributed by atoms with van der Waals surface area (Å²) in [4.78, 5) is 4.50. The molecule has 0 spiro atoms. The van der Waals surface area contributed by atoms with Crippen molar-refractivity contribution in [1.82, 2.24) is 10.6 Å². The van der Waals surface area contributed by atoms with Crippen LogP contribution in [0.4, 0.5) is 8.78 Å². The Hall–Kier alpha value is -1.75. The van der Waals surface area contributed by atoms with Gasteiger partial charge in [0.25, 0.3) is 0 Å². The molecule has 0 aliphatic heterocycles. The molecule has 0 aliphatic carbocycles. The zero-order valence-corrected chi connectivity index (χ0v) is 21.4. The molecular formula is C22H30F2IN3O2S. The largest absolute Gasteiger partial charge is 0.357 e. The third kappa shape index (κ3) is 9.10. The number of sulfone groups is 1. The number of nitrogens with one attached hydrogen (secondary N) is 2. The second-order valence-electron chi connectivity index (χ2n) is 7.92. The SMILES string of the molecule is CCNC(=NCc1cc(F)ccc1CS(C)(=O)=O)NCC(C)(C)c1ccc(F)cc1.I. The summed E-state index contributed by atoms with van der Waals surface area (Å²) < 4.78 is 50.3. The molecule has 2 rings (SSSR count). The monoisotopic (exact) mass is 565 g/mol. The number of nitrogens with zero attached hydrogens (tertiary/aromatic N) is 1.